The van der Waals surface area contributed by atoms with Crippen molar-refractivity contribution in [1.82, 2.24) is 10.6 Å². The molecule has 2 N–H and O–H groups in total. The maximum absolute atomic E-state index is 12.8. The monoisotopic (exact) mass is 420 g/mol. The average molecular weight is 421 g/mol. The Morgan fingerprint density at radius 3 is 2.50 bits per heavy atom. The zero-order valence-electron chi connectivity index (χ0n) is 16.8. The van der Waals surface area contributed by atoms with E-state index in [1.54, 1.807) is 35.2 Å². The van der Waals surface area contributed by atoms with Gasteiger partial charge >= 0.3 is 0 Å². The third kappa shape index (κ3) is 6.87. The lowest BCUT2D eigenvalue weighted by Crippen LogP contribution is -2.48. The van der Waals surface area contributed by atoms with Gasteiger partial charge in [0.25, 0.3) is 5.91 Å². The quantitative estimate of drug-likeness (QED) is 0.612. The van der Waals surface area contributed by atoms with Gasteiger partial charge in [0.15, 0.2) is 6.61 Å². The van der Waals surface area contributed by atoms with Crippen LogP contribution in [-0.2, 0) is 9.59 Å². The Morgan fingerprint density at radius 2 is 1.89 bits per heavy atom. The molecule has 0 saturated carbocycles. The van der Waals surface area contributed by atoms with E-state index >= 15 is 0 Å². The highest BCUT2D eigenvalue weighted by Gasteiger charge is 2.23. The molecule has 2 unspecified atom stereocenters. The number of benzene rings is 1. The Labute approximate surface area is 175 Å². The van der Waals surface area contributed by atoms with Crippen molar-refractivity contribution in [1.29, 1.82) is 0 Å². The number of carbonyl (C=O) groups excluding carboxylic acids is 2. The number of hydrogen-bond donors (Lipinski definition) is 2. The number of aryl methyl sites for hydroxylation is 2. The highest BCUT2D eigenvalue weighted by atomic mass is 32.2. The molecule has 0 saturated heterocycles. The lowest BCUT2D eigenvalue weighted by molar-refractivity contribution is -0.130. The number of hydrogen-bond acceptors (Lipinski definition) is 5. The van der Waals surface area contributed by atoms with Gasteiger partial charge in [0.2, 0.25) is 5.91 Å². The number of nitrogens with one attached hydrogen (secondary N) is 2. The van der Waals surface area contributed by atoms with E-state index in [4.69, 9.17) is 4.74 Å². The van der Waals surface area contributed by atoms with Crippen LogP contribution in [0.4, 0.5) is 0 Å². The first kappa shape index (κ1) is 22.3. The van der Waals surface area contributed by atoms with Gasteiger partial charge in [0, 0.05) is 9.75 Å². The smallest absolute Gasteiger partial charge is 0.258 e. The van der Waals surface area contributed by atoms with Gasteiger partial charge in [-0.15, -0.1) is 11.3 Å². The molecule has 1 aromatic carbocycles. The van der Waals surface area contributed by atoms with Crippen LogP contribution in [0.1, 0.15) is 34.7 Å². The first-order valence-corrected chi connectivity index (χ1v) is 11.4. The fraction of sp³-hybridized carbons (Fsp3) is 0.429. The highest BCUT2D eigenvalue weighted by molar-refractivity contribution is 7.98. The molecule has 152 valence electrons. The van der Waals surface area contributed by atoms with E-state index in [9.17, 15) is 9.59 Å². The third-order valence-electron chi connectivity index (χ3n) is 4.28. The summed E-state index contributed by atoms with van der Waals surface area (Å²) in [6.07, 6.45) is 2.55. The lowest BCUT2D eigenvalue weighted by Gasteiger charge is -2.21. The summed E-state index contributed by atoms with van der Waals surface area (Å²) in [5, 5.41) is 5.85. The van der Waals surface area contributed by atoms with Crippen LogP contribution < -0.4 is 15.4 Å². The van der Waals surface area contributed by atoms with Gasteiger partial charge in [-0.1, -0.05) is 18.2 Å². The fourth-order valence-electron chi connectivity index (χ4n) is 2.88. The summed E-state index contributed by atoms with van der Waals surface area (Å²) in [7, 11) is 0. The van der Waals surface area contributed by atoms with Crippen molar-refractivity contribution in [2.24, 2.45) is 0 Å². The second-order valence-corrected chi connectivity index (χ2v) is 9.05. The lowest BCUT2D eigenvalue weighted by atomic mass is 10.1. The molecule has 2 rings (SSSR count). The van der Waals surface area contributed by atoms with Crippen molar-refractivity contribution in [3.05, 3.63) is 51.7 Å². The van der Waals surface area contributed by atoms with Crippen LogP contribution >= 0.6 is 23.1 Å². The van der Waals surface area contributed by atoms with Gasteiger partial charge in [-0.05, 0) is 63.0 Å². The summed E-state index contributed by atoms with van der Waals surface area (Å²) < 4.78 is 5.47. The molecule has 1 heterocycles. The molecule has 2 atom stereocenters. The first-order valence-electron chi connectivity index (χ1n) is 9.24. The Morgan fingerprint density at radius 1 is 1.18 bits per heavy atom. The summed E-state index contributed by atoms with van der Waals surface area (Å²) >= 11 is 3.37. The largest absolute Gasteiger partial charge is 0.484 e. The van der Waals surface area contributed by atoms with Gasteiger partial charge in [-0.25, -0.2) is 0 Å². The fourth-order valence-corrected chi connectivity index (χ4v) is 4.37. The van der Waals surface area contributed by atoms with Crippen molar-refractivity contribution >= 4 is 34.9 Å². The van der Waals surface area contributed by atoms with Crippen molar-refractivity contribution in [2.45, 2.75) is 39.3 Å². The molecular formula is C21H28N2O3S2. The highest BCUT2D eigenvalue weighted by Crippen LogP contribution is 2.26. The summed E-state index contributed by atoms with van der Waals surface area (Å²) in [5.74, 6) is 0.931. The minimum Gasteiger partial charge on any atom is -0.484 e. The van der Waals surface area contributed by atoms with Crippen LogP contribution in [0, 0.1) is 13.8 Å². The third-order valence-corrected chi connectivity index (χ3v) is 5.91. The molecular weight excluding hydrogens is 392 g/mol. The van der Waals surface area contributed by atoms with Gasteiger partial charge < -0.3 is 15.4 Å². The van der Waals surface area contributed by atoms with Gasteiger partial charge in [-0.3, -0.25) is 9.59 Å². The number of ether oxygens (including phenoxy) is 1. The summed E-state index contributed by atoms with van der Waals surface area (Å²) in [4.78, 5) is 27.5. The zero-order valence-corrected chi connectivity index (χ0v) is 18.4. The standard InChI is InChI=1S/C21H28N2O3S2/c1-14-12-18(16(3)28-14)15(2)22-21(25)19(10-11-27-4)23-20(24)13-26-17-8-6-5-7-9-17/h5-9,12,15,19H,10-11,13H2,1-4H3,(H,22,25)(H,23,24). The molecule has 0 radical (unpaired) electrons. The van der Waals surface area contributed by atoms with Gasteiger partial charge in [-0.2, -0.15) is 11.8 Å². The van der Waals surface area contributed by atoms with Crippen molar-refractivity contribution in [3.8, 4) is 5.75 Å². The van der Waals surface area contributed by atoms with E-state index in [2.05, 4.69) is 30.5 Å². The van der Waals surface area contributed by atoms with Crippen LogP contribution in [0.5, 0.6) is 5.75 Å². The molecule has 0 aliphatic rings. The van der Waals surface area contributed by atoms with Gasteiger partial charge in [0.05, 0.1) is 6.04 Å². The van der Waals surface area contributed by atoms with Gasteiger partial charge in [0.1, 0.15) is 11.8 Å². The number of rotatable bonds is 10. The maximum atomic E-state index is 12.8. The molecule has 2 amide bonds. The second kappa shape index (κ2) is 11.1. The van der Waals surface area contributed by atoms with Crippen molar-refractivity contribution in [2.75, 3.05) is 18.6 Å². The molecule has 5 nitrogen and oxygen atoms in total. The number of para-hydroxylation sites is 1. The Hall–Kier alpha value is -1.99. The van der Waals surface area contributed by atoms with Crippen molar-refractivity contribution < 1.29 is 14.3 Å². The molecule has 0 fully saturated rings. The molecule has 0 bridgehead atoms. The first-order chi connectivity index (χ1) is 13.4. The van der Waals surface area contributed by atoms with E-state index < -0.39 is 6.04 Å². The van der Waals surface area contributed by atoms with E-state index in [0.29, 0.717) is 12.2 Å². The van der Waals surface area contributed by atoms with Crippen LogP contribution in [0.2, 0.25) is 0 Å². The zero-order chi connectivity index (χ0) is 20.5. The van der Waals surface area contributed by atoms with Crippen LogP contribution in [0.3, 0.4) is 0 Å². The Kier molecular flexibility index (Phi) is 8.86. The number of thioether (sulfide) groups is 1. The van der Waals surface area contributed by atoms with Crippen LogP contribution in [0.25, 0.3) is 0 Å². The molecule has 0 spiro atoms. The number of thiophene rings is 1. The van der Waals surface area contributed by atoms with Crippen molar-refractivity contribution in [3.63, 3.8) is 0 Å². The van der Waals surface area contributed by atoms with Crippen LogP contribution in [-0.4, -0.2) is 36.5 Å². The molecule has 7 heteroatoms. The molecule has 0 aliphatic carbocycles. The van der Waals surface area contributed by atoms with E-state index in [-0.39, 0.29) is 24.5 Å². The molecule has 0 aliphatic heterocycles. The maximum Gasteiger partial charge on any atom is 0.258 e. The molecule has 1 aromatic heterocycles. The predicted octanol–water partition coefficient (Wildman–Crippen LogP) is 3.86. The predicted molar refractivity (Wildman–Crippen MR) is 117 cm³/mol. The van der Waals surface area contributed by atoms with E-state index in [1.807, 2.05) is 31.4 Å². The summed E-state index contributed by atoms with van der Waals surface area (Å²) in [6, 6.07) is 10.6. The Balaban J connectivity index is 1.94. The molecule has 28 heavy (non-hydrogen) atoms. The second-order valence-electron chi connectivity index (χ2n) is 6.60. The Bertz CT molecular complexity index is 777. The minimum absolute atomic E-state index is 0.105. The summed E-state index contributed by atoms with van der Waals surface area (Å²) in [5.41, 5.74) is 1.12. The normalized spacial score (nSPS) is 12.9. The molecule has 2 aromatic rings. The van der Waals surface area contributed by atoms with E-state index in [0.717, 1.165) is 11.3 Å². The SMILES string of the molecule is CSCCC(NC(=O)COc1ccccc1)C(=O)NC(C)c1cc(C)sc1C. The minimum atomic E-state index is -0.582. The van der Waals surface area contributed by atoms with E-state index in [1.165, 1.54) is 9.75 Å². The topological polar surface area (TPSA) is 67.4 Å². The number of amides is 2. The summed E-state index contributed by atoms with van der Waals surface area (Å²) in [6.45, 7) is 5.97. The number of carbonyl (C=O) groups is 2. The average Bonchev–Trinajstić information content (AvgIpc) is 3.02. The van der Waals surface area contributed by atoms with Crippen LogP contribution in [0.15, 0.2) is 36.4 Å².